The van der Waals surface area contributed by atoms with Gasteiger partial charge in [-0.2, -0.15) is 11.8 Å². The van der Waals surface area contributed by atoms with Gasteiger partial charge in [-0.3, -0.25) is 19.5 Å². The van der Waals surface area contributed by atoms with Crippen LogP contribution in [0.25, 0.3) is 11.1 Å². The van der Waals surface area contributed by atoms with E-state index in [9.17, 15) is 19.7 Å². The number of fused-ring (bicyclic) bond motifs is 1. The van der Waals surface area contributed by atoms with E-state index in [4.69, 9.17) is 4.42 Å². The number of thioether (sulfide) groups is 1. The molecule has 0 saturated carbocycles. The van der Waals surface area contributed by atoms with Gasteiger partial charge < -0.3 is 9.73 Å². The van der Waals surface area contributed by atoms with Crippen LogP contribution < -0.4 is 11.1 Å². The molecule has 0 aliphatic carbocycles. The Morgan fingerprint density at radius 1 is 1.38 bits per heavy atom. The first-order chi connectivity index (χ1) is 12.5. The number of nitro groups is 1. The van der Waals surface area contributed by atoms with E-state index in [0.29, 0.717) is 12.1 Å². The van der Waals surface area contributed by atoms with E-state index in [0.717, 1.165) is 16.1 Å². The van der Waals surface area contributed by atoms with E-state index < -0.39 is 10.7 Å². The van der Waals surface area contributed by atoms with Crippen molar-refractivity contribution in [2.45, 2.75) is 12.3 Å². The maximum atomic E-state index is 12.0. The Kier molecular flexibility index (Phi) is 5.74. The highest BCUT2D eigenvalue weighted by atomic mass is 32.2. The first-order valence-electron chi connectivity index (χ1n) is 7.69. The van der Waals surface area contributed by atoms with Gasteiger partial charge in [0.2, 0.25) is 5.91 Å². The monoisotopic (exact) mass is 393 g/mol. The summed E-state index contributed by atoms with van der Waals surface area (Å²) in [6, 6.07) is 7.92. The lowest BCUT2D eigenvalue weighted by molar-refractivity contribution is -0.384. The van der Waals surface area contributed by atoms with E-state index in [2.05, 4.69) is 11.4 Å². The predicted molar refractivity (Wildman–Crippen MR) is 101 cm³/mol. The highest BCUT2D eigenvalue weighted by Gasteiger charge is 2.15. The van der Waals surface area contributed by atoms with Gasteiger partial charge in [0.15, 0.2) is 5.58 Å². The highest BCUT2D eigenvalue weighted by Crippen LogP contribution is 2.20. The minimum Gasteiger partial charge on any atom is -0.407 e. The first kappa shape index (κ1) is 18.2. The molecule has 1 N–H and O–H groups in total. The Bertz CT molecular complexity index is 978. The summed E-state index contributed by atoms with van der Waals surface area (Å²) in [6.45, 7) is 0.296. The van der Waals surface area contributed by atoms with Crippen LogP contribution in [-0.2, 0) is 17.1 Å². The molecule has 26 heavy (non-hydrogen) atoms. The van der Waals surface area contributed by atoms with Crippen molar-refractivity contribution in [1.82, 2.24) is 9.88 Å². The van der Waals surface area contributed by atoms with Crippen molar-refractivity contribution in [3.8, 4) is 0 Å². The lowest BCUT2D eigenvalue weighted by Gasteiger charge is -2.05. The number of hydrogen-bond donors (Lipinski definition) is 1. The zero-order chi connectivity index (χ0) is 18.5. The average Bonchev–Trinajstić information content (AvgIpc) is 3.22. The zero-order valence-corrected chi connectivity index (χ0v) is 15.2. The number of nitro benzene ring substituents is 1. The molecule has 0 saturated heterocycles. The van der Waals surface area contributed by atoms with Gasteiger partial charge in [0, 0.05) is 29.0 Å². The molecule has 0 atom stereocenters. The number of carbonyl (C=O) groups excluding carboxylic acids is 1. The van der Waals surface area contributed by atoms with Crippen LogP contribution in [0, 0.1) is 10.1 Å². The van der Waals surface area contributed by atoms with Crippen LogP contribution in [-0.4, -0.2) is 27.7 Å². The molecule has 3 rings (SSSR count). The lowest BCUT2D eigenvalue weighted by atomic mass is 10.3. The molecule has 0 fully saturated rings. The largest absolute Gasteiger partial charge is 0.420 e. The molecule has 0 aliphatic rings. The van der Waals surface area contributed by atoms with Crippen LogP contribution in [0.3, 0.4) is 0 Å². The zero-order valence-electron chi connectivity index (χ0n) is 13.5. The standard InChI is InChI=1S/C16H15N3O5S2/c20-15(17-5-7-25-10-12-2-1-6-26-12)9-18-13-4-3-11(19(22)23)8-14(13)24-16(18)21/h1-4,6,8H,5,7,9-10H2,(H,17,20). The fourth-order valence-electron chi connectivity index (χ4n) is 2.35. The average molecular weight is 393 g/mol. The van der Waals surface area contributed by atoms with Crippen LogP contribution in [0.1, 0.15) is 4.88 Å². The minimum absolute atomic E-state index is 0.0866. The van der Waals surface area contributed by atoms with E-state index in [-0.39, 0.29) is 23.7 Å². The smallest absolute Gasteiger partial charge is 0.407 e. The molecule has 1 amide bonds. The summed E-state index contributed by atoms with van der Waals surface area (Å²) < 4.78 is 6.16. The van der Waals surface area contributed by atoms with Crippen LogP contribution in [0.15, 0.2) is 44.9 Å². The van der Waals surface area contributed by atoms with Gasteiger partial charge in [0.05, 0.1) is 16.5 Å². The molecule has 1 aromatic carbocycles. The topological polar surface area (TPSA) is 107 Å². The van der Waals surface area contributed by atoms with Crippen LogP contribution in [0.4, 0.5) is 5.69 Å². The summed E-state index contributed by atoms with van der Waals surface area (Å²) in [7, 11) is 0. The van der Waals surface area contributed by atoms with E-state index in [1.165, 1.54) is 23.1 Å². The lowest BCUT2D eigenvalue weighted by Crippen LogP contribution is -2.32. The normalized spacial score (nSPS) is 10.9. The number of rotatable bonds is 8. The summed E-state index contributed by atoms with van der Waals surface area (Å²) in [5, 5.41) is 15.6. The Hall–Kier alpha value is -2.59. The Morgan fingerprint density at radius 3 is 2.96 bits per heavy atom. The molecule has 0 radical (unpaired) electrons. The summed E-state index contributed by atoms with van der Waals surface area (Å²) in [4.78, 5) is 35.4. The molecule has 0 aliphatic heterocycles. The van der Waals surface area contributed by atoms with Gasteiger partial charge in [0.25, 0.3) is 5.69 Å². The number of carbonyl (C=O) groups is 1. The van der Waals surface area contributed by atoms with Crippen LogP contribution in [0.2, 0.25) is 0 Å². The molecular formula is C16H15N3O5S2. The molecule has 2 aromatic heterocycles. The Morgan fingerprint density at radius 2 is 2.23 bits per heavy atom. The van der Waals surface area contributed by atoms with Crippen molar-refractivity contribution in [3.63, 3.8) is 0 Å². The van der Waals surface area contributed by atoms with Gasteiger partial charge in [-0.05, 0) is 17.5 Å². The number of thiophene rings is 1. The number of benzene rings is 1. The SMILES string of the molecule is O=C(Cn1c(=O)oc2cc([N+](=O)[O-])ccc21)NCCSCc1cccs1. The predicted octanol–water partition coefficient (Wildman–Crippen LogP) is 2.61. The number of oxazole rings is 1. The number of hydrogen-bond acceptors (Lipinski definition) is 7. The second-order valence-corrected chi connectivity index (χ2v) is 7.48. The van der Waals surface area contributed by atoms with Crippen molar-refractivity contribution in [1.29, 1.82) is 0 Å². The van der Waals surface area contributed by atoms with Gasteiger partial charge in [-0.15, -0.1) is 11.3 Å². The maximum absolute atomic E-state index is 12.0. The number of aromatic nitrogens is 1. The van der Waals surface area contributed by atoms with Crippen LogP contribution >= 0.6 is 23.1 Å². The molecule has 0 unspecified atom stereocenters. The fraction of sp³-hybridized carbons (Fsp3) is 0.250. The molecule has 10 heteroatoms. The molecule has 3 aromatic rings. The number of nitrogens with one attached hydrogen (secondary N) is 1. The summed E-state index contributed by atoms with van der Waals surface area (Å²) in [6.07, 6.45) is 0. The molecule has 2 heterocycles. The van der Waals surface area contributed by atoms with Gasteiger partial charge in [-0.1, -0.05) is 6.07 Å². The van der Waals surface area contributed by atoms with Crippen molar-refractivity contribution < 1.29 is 14.1 Å². The van der Waals surface area contributed by atoms with Gasteiger partial charge in [-0.25, -0.2) is 4.79 Å². The highest BCUT2D eigenvalue weighted by molar-refractivity contribution is 7.98. The molecule has 0 bridgehead atoms. The Balaban J connectivity index is 1.54. The molecule has 8 nitrogen and oxygen atoms in total. The van der Waals surface area contributed by atoms with Crippen LogP contribution in [0.5, 0.6) is 0 Å². The molecular weight excluding hydrogens is 378 g/mol. The number of amides is 1. The third-order valence-corrected chi connectivity index (χ3v) is 5.62. The first-order valence-corrected chi connectivity index (χ1v) is 9.72. The summed E-state index contributed by atoms with van der Waals surface area (Å²) in [5.41, 5.74) is 0.261. The van der Waals surface area contributed by atoms with Crippen molar-refractivity contribution in [3.05, 3.63) is 61.3 Å². The third-order valence-electron chi connectivity index (χ3n) is 3.56. The fourth-order valence-corrected chi connectivity index (χ4v) is 4.05. The van der Waals surface area contributed by atoms with Gasteiger partial charge in [0.1, 0.15) is 6.54 Å². The van der Waals surface area contributed by atoms with Crippen molar-refractivity contribution >= 4 is 45.8 Å². The summed E-state index contributed by atoms with van der Waals surface area (Å²) >= 11 is 3.41. The van der Waals surface area contributed by atoms with E-state index in [1.807, 2.05) is 11.4 Å². The van der Waals surface area contributed by atoms with Crippen molar-refractivity contribution in [2.24, 2.45) is 0 Å². The summed E-state index contributed by atoms with van der Waals surface area (Å²) in [5.74, 6) is 0.627. The van der Waals surface area contributed by atoms with Gasteiger partial charge >= 0.3 is 5.76 Å². The second kappa shape index (κ2) is 8.19. The van der Waals surface area contributed by atoms with E-state index in [1.54, 1.807) is 23.1 Å². The molecule has 0 spiro atoms. The van der Waals surface area contributed by atoms with E-state index >= 15 is 0 Å². The quantitative estimate of drug-likeness (QED) is 0.358. The Labute approximate surface area is 156 Å². The number of nitrogens with zero attached hydrogens (tertiary/aromatic N) is 2. The third kappa shape index (κ3) is 4.33. The van der Waals surface area contributed by atoms with Crippen molar-refractivity contribution in [2.75, 3.05) is 12.3 Å². The number of non-ortho nitro benzene ring substituents is 1. The minimum atomic E-state index is -0.720. The second-order valence-electron chi connectivity index (χ2n) is 5.35. The molecule has 136 valence electrons. The maximum Gasteiger partial charge on any atom is 0.420 e.